The molecule has 1 N–H and O–H groups in total. The highest BCUT2D eigenvalue weighted by molar-refractivity contribution is 5.47. The maximum absolute atomic E-state index is 10.5. The molecular formula is C14H17N3O2. The lowest BCUT2D eigenvalue weighted by Gasteiger charge is -2.30. The Labute approximate surface area is 111 Å². The molecule has 1 fully saturated rings. The predicted molar refractivity (Wildman–Crippen MR) is 69.3 cm³/mol. The average molecular weight is 259 g/mol. The third kappa shape index (κ3) is 2.81. The van der Waals surface area contributed by atoms with Crippen molar-refractivity contribution in [3.05, 3.63) is 30.3 Å². The van der Waals surface area contributed by atoms with Gasteiger partial charge in [0.05, 0.1) is 12.0 Å². The lowest BCUT2D eigenvalue weighted by Crippen LogP contribution is -2.33. The van der Waals surface area contributed by atoms with Crippen LogP contribution in [0.2, 0.25) is 0 Å². The van der Waals surface area contributed by atoms with E-state index in [1.807, 2.05) is 18.2 Å². The Morgan fingerprint density at radius 3 is 2.79 bits per heavy atom. The van der Waals surface area contributed by atoms with Crippen molar-refractivity contribution in [3.8, 4) is 11.5 Å². The largest absolute Gasteiger partial charge is 0.389 e. The number of hydrogen-bond donors (Lipinski definition) is 1. The number of pyridine rings is 1. The third-order valence-electron chi connectivity index (χ3n) is 3.63. The molecule has 0 aliphatic heterocycles. The van der Waals surface area contributed by atoms with Crippen molar-refractivity contribution in [1.29, 1.82) is 0 Å². The zero-order valence-electron chi connectivity index (χ0n) is 10.7. The van der Waals surface area contributed by atoms with Crippen molar-refractivity contribution in [1.82, 2.24) is 15.1 Å². The zero-order valence-corrected chi connectivity index (χ0v) is 10.7. The van der Waals surface area contributed by atoms with Crippen molar-refractivity contribution in [2.45, 2.75) is 44.1 Å². The summed E-state index contributed by atoms with van der Waals surface area (Å²) in [5.74, 6) is 0.972. The molecule has 3 rings (SSSR count). The topological polar surface area (TPSA) is 72.0 Å². The van der Waals surface area contributed by atoms with E-state index in [0.717, 1.165) is 25.7 Å². The summed E-state index contributed by atoms with van der Waals surface area (Å²) in [4.78, 5) is 8.50. The van der Waals surface area contributed by atoms with E-state index >= 15 is 0 Å². The van der Waals surface area contributed by atoms with Crippen molar-refractivity contribution in [2.75, 3.05) is 0 Å². The molecular weight excluding hydrogens is 242 g/mol. The van der Waals surface area contributed by atoms with Crippen LogP contribution in [0.1, 0.15) is 38.0 Å². The van der Waals surface area contributed by atoms with Gasteiger partial charge < -0.3 is 9.63 Å². The Hall–Kier alpha value is -1.75. The van der Waals surface area contributed by atoms with Crippen LogP contribution in [0, 0.1) is 0 Å². The van der Waals surface area contributed by atoms with E-state index in [-0.39, 0.29) is 0 Å². The van der Waals surface area contributed by atoms with Gasteiger partial charge in [-0.05, 0) is 25.0 Å². The quantitative estimate of drug-likeness (QED) is 0.916. The van der Waals surface area contributed by atoms with Crippen molar-refractivity contribution >= 4 is 0 Å². The smallest absolute Gasteiger partial charge is 0.229 e. The number of nitrogens with zero attached hydrogens (tertiary/aromatic N) is 3. The van der Waals surface area contributed by atoms with E-state index in [1.54, 1.807) is 6.20 Å². The summed E-state index contributed by atoms with van der Waals surface area (Å²) in [5, 5.41) is 14.4. The third-order valence-corrected chi connectivity index (χ3v) is 3.63. The van der Waals surface area contributed by atoms with Gasteiger partial charge >= 0.3 is 0 Å². The number of aliphatic hydroxyl groups is 1. The summed E-state index contributed by atoms with van der Waals surface area (Å²) in [6.45, 7) is 0. The molecule has 5 heteroatoms. The molecule has 2 aromatic heterocycles. The molecule has 0 atom stereocenters. The molecule has 5 nitrogen and oxygen atoms in total. The van der Waals surface area contributed by atoms with Gasteiger partial charge in [-0.3, -0.25) is 4.98 Å². The fraction of sp³-hybridized carbons (Fsp3) is 0.500. The van der Waals surface area contributed by atoms with Crippen LogP contribution >= 0.6 is 0 Å². The van der Waals surface area contributed by atoms with Gasteiger partial charge in [-0.1, -0.05) is 30.5 Å². The number of rotatable bonds is 3. The second kappa shape index (κ2) is 5.09. The van der Waals surface area contributed by atoms with Crippen LogP contribution in [0.25, 0.3) is 11.5 Å². The minimum Gasteiger partial charge on any atom is -0.389 e. The first kappa shape index (κ1) is 12.3. The van der Waals surface area contributed by atoms with Crippen LogP contribution in [-0.4, -0.2) is 25.8 Å². The summed E-state index contributed by atoms with van der Waals surface area (Å²) in [6, 6.07) is 5.56. The van der Waals surface area contributed by atoms with Crippen LogP contribution < -0.4 is 0 Å². The second-order valence-electron chi connectivity index (χ2n) is 5.19. The summed E-state index contributed by atoms with van der Waals surface area (Å²) < 4.78 is 5.23. The highest BCUT2D eigenvalue weighted by atomic mass is 16.5. The maximum atomic E-state index is 10.5. The highest BCUT2D eigenvalue weighted by Gasteiger charge is 2.31. The molecule has 1 aliphatic carbocycles. The van der Waals surface area contributed by atoms with Crippen molar-refractivity contribution < 1.29 is 9.63 Å². The second-order valence-corrected chi connectivity index (χ2v) is 5.19. The molecule has 0 bridgehead atoms. The standard InChI is InChI=1S/C14H17N3O2/c18-14(7-3-1-4-8-14)10-12-16-13(17-19-12)11-6-2-5-9-15-11/h2,5-6,9,18H,1,3-4,7-8,10H2. The zero-order chi connectivity index (χ0) is 13.1. The Morgan fingerprint density at radius 1 is 1.21 bits per heavy atom. The van der Waals surface area contributed by atoms with Crippen LogP contribution in [0.5, 0.6) is 0 Å². The van der Waals surface area contributed by atoms with Gasteiger partial charge in [0.25, 0.3) is 0 Å². The highest BCUT2D eigenvalue weighted by Crippen LogP contribution is 2.31. The van der Waals surface area contributed by atoms with E-state index in [4.69, 9.17) is 4.52 Å². The molecule has 1 aliphatic rings. The molecule has 2 heterocycles. The van der Waals surface area contributed by atoms with E-state index in [1.165, 1.54) is 6.42 Å². The maximum Gasteiger partial charge on any atom is 0.229 e. The first-order valence-electron chi connectivity index (χ1n) is 6.72. The van der Waals surface area contributed by atoms with Gasteiger partial charge in [-0.25, -0.2) is 0 Å². The summed E-state index contributed by atoms with van der Waals surface area (Å²) in [5.41, 5.74) is 0.0137. The van der Waals surface area contributed by atoms with E-state index in [2.05, 4.69) is 15.1 Å². The molecule has 100 valence electrons. The van der Waals surface area contributed by atoms with Gasteiger partial charge in [0, 0.05) is 6.20 Å². The van der Waals surface area contributed by atoms with Crippen molar-refractivity contribution in [2.24, 2.45) is 0 Å². The van der Waals surface area contributed by atoms with Crippen LogP contribution in [-0.2, 0) is 6.42 Å². The van der Waals surface area contributed by atoms with E-state index in [0.29, 0.717) is 23.8 Å². The molecule has 0 saturated heterocycles. The fourth-order valence-electron chi connectivity index (χ4n) is 2.59. The number of hydrogen-bond acceptors (Lipinski definition) is 5. The molecule has 2 aromatic rings. The van der Waals surface area contributed by atoms with Gasteiger partial charge in [-0.15, -0.1) is 0 Å². The molecule has 0 spiro atoms. The predicted octanol–water partition coefficient (Wildman–Crippen LogP) is 2.37. The first-order chi connectivity index (χ1) is 9.25. The normalized spacial score (nSPS) is 18.4. The Bertz CT molecular complexity index is 533. The molecule has 1 saturated carbocycles. The molecule has 0 amide bonds. The molecule has 0 radical (unpaired) electrons. The molecule has 19 heavy (non-hydrogen) atoms. The Kier molecular flexibility index (Phi) is 3.29. The first-order valence-corrected chi connectivity index (χ1v) is 6.72. The Morgan fingerprint density at radius 2 is 2.05 bits per heavy atom. The number of aromatic nitrogens is 3. The SMILES string of the molecule is OC1(Cc2nc(-c3ccccn3)no2)CCCCC1. The van der Waals surface area contributed by atoms with Gasteiger partial charge in [0.1, 0.15) is 5.69 Å². The van der Waals surface area contributed by atoms with E-state index < -0.39 is 5.60 Å². The van der Waals surface area contributed by atoms with Crippen molar-refractivity contribution in [3.63, 3.8) is 0 Å². The van der Waals surface area contributed by atoms with Gasteiger partial charge in [-0.2, -0.15) is 4.98 Å². The summed E-state index contributed by atoms with van der Waals surface area (Å²) in [6.07, 6.45) is 7.09. The minimum absolute atomic E-state index is 0.437. The van der Waals surface area contributed by atoms with Gasteiger partial charge in [0.2, 0.25) is 11.7 Å². The molecule has 0 aromatic carbocycles. The average Bonchev–Trinajstić information content (AvgIpc) is 2.88. The fourth-order valence-corrected chi connectivity index (χ4v) is 2.59. The van der Waals surface area contributed by atoms with Gasteiger partial charge in [0.15, 0.2) is 0 Å². The summed E-state index contributed by atoms with van der Waals surface area (Å²) in [7, 11) is 0. The lowest BCUT2D eigenvalue weighted by molar-refractivity contribution is -0.00181. The van der Waals surface area contributed by atoms with Crippen LogP contribution in [0.15, 0.2) is 28.9 Å². The monoisotopic (exact) mass is 259 g/mol. The summed E-state index contributed by atoms with van der Waals surface area (Å²) >= 11 is 0. The lowest BCUT2D eigenvalue weighted by atomic mass is 9.82. The minimum atomic E-state index is -0.674. The molecule has 0 unspecified atom stereocenters. The van der Waals surface area contributed by atoms with Crippen LogP contribution in [0.3, 0.4) is 0 Å². The van der Waals surface area contributed by atoms with Crippen LogP contribution in [0.4, 0.5) is 0 Å². The van der Waals surface area contributed by atoms with E-state index in [9.17, 15) is 5.11 Å². The Balaban J connectivity index is 1.75.